The summed E-state index contributed by atoms with van der Waals surface area (Å²) < 4.78 is 14.0. The zero-order valence-electron chi connectivity index (χ0n) is 14.2. The minimum Gasteiger partial charge on any atom is -0.207 e. The van der Waals surface area contributed by atoms with E-state index in [-0.39, 0.29) is 5.82 Å². The Labute approximate surface area is 128 Å². The van der Waals surface area contributed by atoms with Gasteiger partial charge in [0.25, 0.3) is 0 Å². The number of rotatable bonds is 3. The smallest absolute Gasteiger partial charge is 0.126 e. The highest BCUT2D eigenvalue weighted by molar-refractivity contribution is 5.84. The predicted molar refractivity (Wildman–Crippen MR) is 89.8 cm³/mol. The Morgan fingerprint density at radius 2 is 1.76 bits per heavy atom. The van der Waals surface area contributed by atoms with Crippen LogP contribution in [0.3, 0.4) is 0 Å². The van der Waals surface area contributed by atoms with Crippen molar-refractivity contribution in [3.8, 4) is 0 Å². The molecule has 1 aromatic carbocycles. The quantitative estimate of drug-likeness (QED) is 0.630. The van der Waals surface area contributed by atoms with Crippen LogP contribution in [0.4, 0.5) is 4.39 Å². The summed E-state index contributed by atoms with van der Waals surface area (Å²) in [6, 6.07) is 3.60. The fourth-order valence-electron chi connectivity index (χ4n) is 3.51. The second-order valence-corrected chi connectivity index (χ2v) is 6.50. The van der Waals surface area contributed by atoms with Crippen molar-refractivity contribution in [2.24, 2.45) is 11.8 Å². The van der Waals surface area contributed by atoms with E-state index in [1.54, 1.807) is 6.07 Å². The molecular weight excluding hydrogens is 259 g/mol. The molecule has 21 heavy (non-hydrogen) atoms. The van der Waals surface area contributed by atoms with Gasteiger partial charge < -0.3 is 0 Å². The molecule has 1 heteroatoms. The van der Waals surface area contributed by atoms with Gasteiger partial charge in [-0.05, 0) is 72.9 Å². The van der Waals surface area contributed by atoms with Crippen LogP contribution >= 0.6 is 0 Å². The van der Waals surface area contributed by atoms with Crippen molar-refractivity contribution >= 4 is 5.57 Å². The third-order valence-electron chi connectivity index (χ3n) is 5.07. The fraction of sp³-hybridized carbons (Fsp3) is 0.500. The van der Waals surface area contributed by atoms with E-state index in [4.69, 9.17) is 0 Å². The summed E-state index contributed by atoms with van der Waals surface area (Å²) in [5, 5.41) is 0. The summed E-state index contributed by atoms with van der Waals surface area (Å²) in [5.41, 5.74) is 7.34. The molecule has 1 aliphatic rings. The summed E-state index contributed by atoms with van der Waals surface area (Å²) in [6.45, 7) is 13.1. The van der Waals surface area contributed by atoms with E-state index >= 15 is 0 Å². The van der Waals surface area contributed by atoms with Gasteiger partial charge >= 0.3 is 0 Å². The van der Waals surface area contributed by atoms with Crippen molar-refractivity contribution < 1.29 is 4.39 Å². The zero-order valence-corrected chi connectivity index (χ0v) is 14.2. The lowest BCUT2D eigenvalue weighted by Crippen LogP contribution is -2.15. The van der Waals surface area contributed by atoms with Crippen LogP contribution in [0.1, 0.15) is 57.7 Å². The Kier molecular flexibility index (Phi) is 4.70. The molecule has 0 aromatic heterocycles. The molecule has 114 valence electrons. The first kappa shape index (κ1) is 16.0. The minimum atomic E-state index is -0.0840. The normalized spacial score (nSPS) is 22.5. The number of halogens is 1. The van der Waals surface area contributed by atoms with Crippen molar-refractivity contribution in [1.29, 1.82) is 0 Å². The lowest BCUT2D eigenvalue weighted by molar-refractivity contribution is 0.522. The van der Waals surface area contributed by atoms with Gasteiger partial charge in [0.15, 0.2) is 0 Å². The highest BCUT2D eigenvalue weighted by Crippen LogP contribution is 2.40. The second kappa shape index (κ2) is 6.17. The average molecular weight is 286 g/mol. The van der Waals surface area contributed by atoms with E-state index in [9.17, 15) is 4.39 Å². The lowest BCUT2D eigenvalue weighted by Gasteiger charge is -2.29. The monoisotopic (exact) mass is 286 g/mol. The van der Waals surface area contributed by atoms with E-state index in [1.807, 2.05) is 13.0 Å². The Morgan fingerprint density at radius 3 is 2.38 bits per heavy atom. The minimum absolute atomic E-state index is 0.0840. The SMILES string of the molecule is CCCc1c(C2=C(C)C(C)C(C)C=C2C)ccc(F)c1C. The molecule has 1 aliphatic carbocycles. The Morgan fingerprint density at radius 1 is 1.10 bits per heavy atom. The molecule has 0 saturated carbocycles. The third kappa shape index (κ3) is 2.84. The predicted octanol–water partition coefficient (Wildman–Crippen LogP) is 6.09. The highest BCUT2D eigenvalue weighted by Gasteiger charge is 2.24. The number of hydrogen-bond acceptors (Lipinski definition) is 0. The number of benzene rings is 1. The number of hydrogen-bond donors (Lipinski definition) is 0. The maximum Gasteiger partial charge on any atom is 0.126 e. The van der Waals surface area contributed by atoms with Crippen LogP contribution < -0.4 is 0 Å². The van der Waals surface area contributed by atoms with Gasteiger partial charge in [0.1, 0.15) is 5.82 Å². The van der Waals surface area contributed by atoms with Gasteiger partial charge in [-0.2, -0.15) is 0 Å². The Hall–Kier alpha value is -1.37. The molecule has 2 rings (SSSR count). The molecule has 2 atom stereocenters. The largest absolute Gasteiger partial charge is 0.207 e. The van der Waals surface area contributed by atoms with E-state index < -0.39 is 0 Å². The third-order valence-corrected chi connectivity index (χ3v) is 5.07. The van der Waals surface area contributed by atoms with Crippen LogP contribution in [0.15, 0.2) is 29.4 Å². The van der Waals surface area contributed by atoms with Crippen LogP contribution in [-0.4, -0.2) is 0 Å². The Bertz CT molecular complexity index is 605. The molecule has 0 N–H and O–H groups in total. The molecule has 1 aromatic rings. The van der Waals surface area contributed by atoms with Gasteiger partial charge in [-0.3, -0.25) is 0 Å². The van der Waals surface area contributed by atoms with Gasteiger partial charge in [-0.15, -0.1) is 0 Å². The summed E-state index contributed by atoms with van der Waals surface area (Å²) in [5.74, 6) is 1.03. The first-order chi connectivity index (χ1) is 9.88. The van der Waals surface area contributed by atoms with Crippen LogP contribution in [-0.2, 0) is 6.42 Å². The van der Waals surface area contributed by atoms with Crippen LogP contribution in [0.25, 0.3) is 5.57 Å². The molecule has 0 spiro atoms. The molecule has 0 fully saturated rings. The van der Waals surface area contributed by atoms with Crippen LogP contribution in [0, 0.1) is 24.6 Å². The van der Waals surface area contributed by atoms with E-state index in [0.717, 1.165) is 18.4 Å². The maximum atomic E-state index is 14.0. The molecule has 0 saturated heterocycles. The first-order valence-electron chi connectivity index (χ1n) is 8.06. The summed E-state index contributed by atoms with van der Waals surface area (Å²) in [6.07, 6.45) is 4.34. The average Bonchev–Trinajstić information content (AvgIpc) is 2.44. The van der Waals surface area contributed by atoms with E-state index in [0.29, 0.717) is 11.8 Å². The first-order valence-corrected chi connectivity index (χ1v) is 8.06. The van der Waals surface area contributed by atoms with Gasteiger partial charge in [0.2, 0.25) is 0 Å². The van der Waals surface area contributed by atoms with Gasteiger partial charge in [0.05, 0.1) is 0 Å². The fourth-order valence-corrected chi connectivity index (χ4v) is 3.51. The van der Waals surface area contributed by atoms with Crippen molar-refractivity contribution in [2.45, 2.75) is 54.4 Å². The summed E-state index contributed by atoms with van der Waals surface area (Å²) in [7, 11) is 0. The van der Waals surface area contributed by atoms with Crippen molar-refractivity contribution in [1.82, 2.24) is 0 Å². The van der Waals surface area contributed by atoms with Gasteiger partial charge in [-0.1, -0.05) is 44.9 Å². The Balaban J connectivity index is 2.66. The molecule has 0 bridgehead atoms. The van der Waals surface area contributed by atoms with Crippen molar-refractivity contribution in [3.05, 3.63) is 51.9 Å². The molecule has 0 amide bonds. The van der Waals surface area contributed by atoms with Gasteiger partial charge in [-0.25, -0.2) is 4.39 Å². The zero-order chi connectivity index (χ0) is 15.7. The second-order valence-electron chi connectivity index (χ2n) is 6.50. The molecule has 0 heterocycles. The van der Waals surface area contributed by atoms with Crippen molar-refractivity contribution in [2.75, 3.05) is 0 Å². The molecule has 0 radical (unpaired) electrons. The number of allylic oxidation sites excluding steroid dienone is 4. The van der Waals surface area contributed by atoms with Crippen LogP contribution in [0.5, 0.6) is 0 Å². The summed E-state index contributed by atoms with van der Waals surface area (Å²) in [4.78, 5) is 0. The lowest BCUT2D eigenvalue weighted by atomic mass is 9.75. The molecule has 2 unspecified atom stereocenters. The van der Waals surface area contributed by atoms with Crippen molar-refractivity contribution in [3.63, 3.8) is 0 Å². The van der Waals surface area contributed by atoms with Crippen LogP contribution in [0.2, 0.25) is 0 Å². The highest BCUT2D eigenvalue weighted by atomic mass is 19.1. The van der Waals surface area contributed by atoms with E-state index in [1.165, 1.54) is 27.8 Å². The maximum absolute atomic E-state index is 14.0. The topological polar surface area (TPSA) is 0 Å². The van der Waals surface area contributed by atoms with E-state index in [2.05, 4.69) is 40.7 Å². The summed E-state index contributed by atoms with van der Waals surface area (Å²) >= 11 is 0. The van der Waals surface area contributed by atoms with Gasteiger partial charge in [0, 0.05) is 0 Å². The molecular formula is C20H27F. The molecule has 0 nitrogen and oxygen atoms in total. The standard InChI is InChI=1S/C20H27F/c1-7-8-17-16(6)19(21)10-9-18(17)20-13(3)11-12(2)14(4)15(20)5/h9-12,14H,7-8H2,1-6H3. The molecule has 0 aliphatic heterocycles.